The van der Waals surface area contributed by atoms with Crippen molar-refractivity contribution < 1.29 is 27.4 Å². The summed E-state index contributed by atoms with van der Waals surface area (Å²) < 4.78 is 53.2. The third kappa shape index (κ3) is 5.70. The Kier molecular flexibility index (Phi) is 6.80. The van der Waals surface area contributed by atoms with Crippen LogP contribution in [0.25, 0.3) is 0 Å². The summed E-state index contributed by atoms with van der Waals surface area (Å²) in [6.07, 6.45) is 0.194. The summed E-state index contributed by atoms with van der Waals surface area (Å²) in [4.78, 5) is 12.5. The number of hydrogen-bond donors (Lipinski definition) is 1. The minimum Gasteiger partial charge on any atom is -0.490 e. The highest BCUT2D eigenvalue weighted by Crippen LogP contribution is 2.42. The fourth-order valence-corrected chi connectivity index (χ4v) is 3.64. The van der Waals surface area contributed by atoms with Crippen LogP contribution in [0.1, 0.15) is 49.6 Å². The molecule has 1 aliphatic carbocycles. The van der Waals surface area contributed by atoms with E-state index < -0.39 is 17.8 Å². The van der Waals surface area contributed by atoms with Gasteiger partial charge < -0.3 is 14.8 Å². The van der Waals surface area contributed by atoms with Gasteiger partial charge >= 0.3 is 6.18 Å². The van der Waals surface area contributed by atoms with Crippen LogP contribution in [0.3, 0.4) is 0 Å². The lowest BCUT2D eigenvalue weighted by atomic mass is 10.2. The molecule has 1 amide bonds. The number of anilines is 1. The van der Waals surface area contributed by atoms with Crippen molar-refractivity contribution in [2.75, 3.05) is 18.5 Å². The van der Waals surface area contributed by atoms with E-state index in [2.05, 4.69) is 15.5 Å². The minimum absolute atomic E-state index is 0.0230. The van der Waals surface area contributed by atoms with Gasteiger partial charge in [-0.05, 0) is 50.5 Å². The van der Waals surface area contributed by atoms with E-state index in [0.717, 1.165) is 29.2 Å². The molecule has 8 nitrogen and oxygen atoms in total. The summed E-state index contributed by atoms with van der Waals surface area (Å²) in [5.74, 6) is 0.860. The highest BCUT2D eigenvalue weighted by Gasteiger charge is 2.38. The average molecular weight is 477 g/mol. The number of carbonyl (C=O) groups is 1. The van der Waals surface area contributed by atoms with Crippen molar-refractivity contribution in [3.63, 3.8) is 0 Å². The summed E-state index contributed by atoms with van der Waals surface area (Å²) in [6, 6.07) is 6.66. The van der Waals surface area contributed by atoms with Crippen molar-refractivity contribution >= 4 is 11.6 Å². The molecule has 0 aliphatic heterocycles. The maximum Gasteiger partial charge on any atom is 0.435 e. The first-order chi connectivity index (χ1) is 16.3. The smallest absolute Gasteiger partial charge is 0.435 e. The molecule has 1 aromatic carbocycles. The number of nitrogens with zero attached hydrogens (tertiary/aromatic N) is 4. The van der Waals surface area contributed by atoms with E-state index >= 15 is 0 Å². The van der Waals surface area contributed by atoms with Gasteiger partial charge in [-0.15, -0.1) is 0 Å². The Morgan fingerprint density at radius 1 is 1.15 bits per heavy atom. The highest BCUT2D eigenvalue weighted by atomic mass is 19.4. The van der Waals surface area contributed by atoms with E-state index in [9.17, 15) is 18.0 Å². The number of halogens is 3. The zero-order valence-electron chi connectivity index (χ0n) is 18.9. The molecule has 1 aliphatic rings. The second-order valence-electron chi connectivity index (χ2n) is 8.01. The van der Waals surface area contributed by atoms with Gasteiger partial charge in [0.05, 0.1) is 31.6 Å². The number of aromatic nitrogens is 4. The van der Waals surface area contributed by atoms with Gasteiger partial charge in [0.2, 0.25) is 5.91 Å². The number of alkyl halides is 3. The third-order valence-corrected chi connectivity index (χ3v) is 5.26. The van der Waals surface area contributed by atoms with Gasteiger partial charge in [0.15, 0.2) is 17.2 Å². The Morgan fingerprint density at radius 3 is 2.56 bits per heavy atom. The maximum atomic E-state index is 13.1. The quantitative estimate of drug-likeness (QED) is 0.466. The molecule has 11 heteroatoms. The Labute approximate surface area is 194 Å². The lowest BCUT2D eigenvalue weighted by Gasteiger charge is -2.12. The zero-order chi connectivity index (χ0) is 24.3. The number of benzene rings is 1. The van der Waals surface area contributed by atoms with Crippen LogP contribution in [0.15, 0.2) is 36.7 Å². The number of carbonyl (C=O) groups excluding carboxylic acids is 1. The molecule has 2 aromatic heterocycles. The maximum absolute atomic E-state index is 13.1. The lowest BCUT2D eigenvalue weighted by molar-refractivity contribution is -0.141. The van der Waals surface area contributed by atoms with Crippen molar-refractivity contribution in [1.29, 1.82) is 0 Å². The van der Waals surface area contributed by atoms with Crippen LogP contribution in [-0.4, -0.2) is 38.7 Å². The van der Waals surface area contributed by atoms with Crippen molar-refractivity contribution in [3.05, 3.63) is 53.6 Å². The molecule has 1 fully saturated rings. The molecule has 182 valence electrons. The van der Waals surface area contributed by atoms with Crippen molar-refractivity contribution in [1.82, 2.24) is 19.6 Å². The van der Waals surface area contributed by atoms with Gasteiger partial charge in [-0.25, -0.2) is 0 Å². The molecule has 1 N–H and O–H groups in total. The molecule has 0 atom stereocenters. The van der Waals surface area contributed by atoms with Crippen molar-refractivity contribution in [2.45, 2.75) is 51.9 Å². The average Bonchev–Trinajstić information content (AvgIpc) is 3.38. The van der Waals surface area contributed by atoms with E-state index in [1.165, 1.54) is 6.20 Å². The van der Waals surface area contributed by atoms with E-state index in [1.807, 2.05) is 32.0 Å². The molecule has 0 spiro atoms. The Hall–Kier alpha value is -3.50. The van der Waals surface area contributed by atoms with E-state index in [0.29, 0.717) is 42.6 Å². The van der Waals surface area contributed by atoms with Crippen LogP contribution < -0.4 is 14.8 Å². The van der Waals surface area contributed by atoms with E-state index in [-0.39, 0.29) is 12.5 Å². The van der Waals surface area contributed by atoms with Crippen LogP contribution in [0.5, 0.6) is 11.5 Å². The summed E-state index contributed by atoms with van der Waals surface area (Å²) in [7, 11) is 0. The standard InChI is InChI=1S/C23H26F3N5O3/c1-3-33-19-8-5-15(9-20(19)34-4-2)12-30-13-17(11-27-30)28-22(32)14-31-18(16-6-7-16)10-21(29-31)23(24,25)26/h5,8-11,13,16H,3-4,6-7,12,14H2,1-2H3,(H,28,32). The molecule has 34 heavy (non-hydrogen) atoms. The number of nitrogens with one attached hydrogen (secondary N) is 1. The van der Waals surface area contributed by atoms with Gasteiger partial charge in [0.25, 0.3) is 0 Å². The van der Waals surface area contributed by atoms with Gasteiger partial charge in [0, 0.05) is 17.8 Å². The third-order valence-electron chi connectivity index (χ3n) is 5.26. The molecule has 0 bridgehead atoms. The summed E-state index contributed by atoms with van der Waals surface area (Å²) in [6.45, 7) is 4.96. The van der Waals surface area contributed by atoms with Crippen molar-refractivity contribution in [3.8, 4) is 11.5 Å². The zero-order valence-corrected chi connectivity index (χ0v) is 18.9. The molecule has 4 rings (SSSR count). The minimum atomic E-state index is -4.55. The Balaban J connectivity index is 1.40. The molecule has 1 saturated carbocycles. The molecule has 3 aromatic rings. The molecular formula is C23H26F3N5O3. The van der Waals surface area contributed by atoms with Crippen LogP contribution in [-0.2, 0) is 24.1 Å². The first-order valence-electron chi connectivity index (χ1n) is 11.1. The van der Waals surface area contributed by atoms with Crippen LogP contribution in [0, 0.1) is 0 Å². The second-order valence-corrected chi connectivity index (χ2v) is 8.01. The largest absolute Gasteiger partial charge is 0.490 e. The number of amides is 1. The monoisotopic (exact) mass is 477 g/mol. The second kappa shape index (κ2) is 9.78. The normalized spacial score (nSPS) is 13.7. The highest BCUT2D eigenvalue weighted by molar-refractivity contribution is 5.90. The number of rotatable bonds is 10. The molecule has 0 saturated heterocycles. The molecule has 0 unspecified atom stereocenters. The fourth-order valence-electron chi connectivity index (χ4n) is 3.64. The number of ether oxygens (including phenoxy) is 2. The van der Waals surface area contributed by atoms with Gasteiger partial charge in [-0.1, -0.05) is 6.07 Å². The van der Waals surface area contributed by atoms with Gasteiger partial charge in [-0.3, -0.25) is 14.2 Å². The predicted molar refractivity (Wildman–Crippen MR) is 118 cm³/mol. The van der Waals surface area contributed by atoms with E-state index in [4.69, 9.17) is 9.47 Å². The van der Waals surface area contributed by atoms with Gasteiger partial charge in [0.1, 0.15) is 6.54 Å². The van der Waals surface area contributed by atoms with Crippen LogP contribution in [0.4, 0.5) is 18.9 Å². The Morgan fingerprint density at radius 2 is 1.88 bits per heavy atom. The summed E-state index contributed by atoms with van der Waals surface area (Å²) >= 11 is 0. The van der Waals surface area contributed by atoms with Crippen LogP contribution >= 0.6 is 0 Å². The van der Waals surface area contributed by atoms with Crippen LogP contribution in [0.2, 0.25) is 0 Å². The molecule has 2 heterocycles. The molecular weight excluding hydrogens is 451 g/mol. The van der Waals surface area contributed by atoms with Crippen molar-refractivity contribution in [2.24, 2.45) is 0 Å². The predicted octanol–water partition coefficient (Wildman–Crippen LogP) is 4.46. The first-order valence-corrected chi connectivity index (χ1v) is 11.1. The first kappa shape index (κ1) is 23.7. The summed E-state index contributed by atoms with van der Waals surface area (Å²) in [5.41, 5.74) is 0.839. The fraction of sp³-hybridized carbons (Fsp3) is 0.435. The topological polar surface area (TPSA) is 83.2 Å². The number of hydrogen-bond acceptors (Lipinski definition) is 5. The van der Waals surface area contributed by atoms with Gasteiger partial charge in [-0.2, -0.15) is 23.4 Å². The SMILES string of the molecule is CCOc1ccc(Cn2cc(NC(=O)Cn3nc(C(F)(F)F)cc3C3CC3)cn2)cc1OCC. The van der Waals surface area contributed by atoms with E-state index in [1.54, 1.807) is 10.9 Å². The Bertz CT molecular complexity index is 1150. The summed E-state index contributed by atoms with van der Waals surface area (Å²) in [5, 5.41) is 10.6. The lowest BCUT2D eigenvalue weighted by Crippen LogP contribution is -2.21. The molecule has 0 radical (unpaired) electrons.